The molecule has 11 aromatic carbocycles. The maximum Gasteiger partial charge on any atom is 0.170 e. The number of aryl methyl sites for hydroxylation is 3. The van der Waals surface area contributed by atoms with Crippen LogP contribution in [0.3, 0.4) is 0 Å². The lowest BCUT2D eigenvalue weighted by Gasteiger charge is -2.28. The second kappa shape index (κ2) is 22.2. The molecule has 16 rings (SSSR count). The zero-order valence-electron chi connectivity index (χ0n) is 49.3. The molecule has 0 spiro atoms. The highest BCUT2D eigenvalue weighted by atomic mass is 16.3. The van der Waals surface area contributed by atoms with Gasteiger partial charge >= 0.3 is 0 Å². The number of rotatable bonds is 11. The summed E-state index contributed by atoms with van der Waals surface area (Å²) in [5, 5.41) is 4.65. The van der Waals surface area contributed by atoms with Gasteiger partial charge in [0, 0.05) is 61.8 Å². The van der Waals surface area contributed by atoms with Gasteiger partial charge in [0.15, 0.2) is 11.6 Å². The number of nitrogens with zero attached hydrogens (tertiary/aromatic N) is 2. The zero-order chi connectivity index (χ0) is 58.8. The van der Waals surface area contributed by atoms with Crippen LogP contribution in [0, 0.1) is 6.92 Å². The van der Waals surface area contributed by atoms with Crippen molar-refractivity contribution in [2.45, 2.75) is 76.0 Å². The molecule has 2 aromatic heterocycles. The Morgan fingerprint density at radius 1 is 0.534 bits per heavy atom. The number of ketones is 2. The normalized spacial score (nSPS) is 16.0. The van der Waals surface area contributed by atoms with Gasteiger partial charge in [-0.3, -0.25) is 14.6 Å². The van der Waals surface area contributed by atoms with E-state index in [2.05, 4.69) is 236 Å². The van der Waals surface area contributed by atoms with Gasteiger partial charge in [0.1, 0.15) is 11.2 Å². The molecule has 424 valence electrons. The number of carbonyl (C=O) groups is 2. The molecule has 0 radical (unpaired) electrons. The highest BCUT2D eigenvalue weighted by molar-refractivity contribution is 6.13. The molecule has 2 aliphatic carbocycles. The van der Waals surface area contributed by atoms with E-state index in [1.165, 1.54) is 38.6 Å². The minimum atomic E-state index is -0.367. The molecule has 0 amide bonds. The summed E-state index contributed by atoms with van der Waals surface area (Å²) in [5.74, 6) is -0.403. The number of Topliss-reactive ketones (excluding diaryl/α,β-unsaturated/α-hetero) is 2. The van der Waals surface area contributed by atoms with Crippen LogP contribution in [-0.2, 0) is 12.8 Å². The van der Waals surface area contributed by atoms with E-state index in [1.54, 1.807) is 0 Å². The van der Waals surface area contributed by atoms with Crippen LogP contribution < -0.4 is 0 Å². The number of hydrogen-bond donors (Lipinski definition) is 0. The number of hydrogen-bond acceptors (Lipinski definition) is 4. The van der Waals surface area contributed by atoms with Gasteiger partial charge in [-0.2, -0.15) is 0 Å². The number of allylic oxidation sites excluding steroid dienone is 1. The quantitative estimate of drug-likeness (QED) is 0.121. The molecule has 0 N–H and O–H groups in total. The summed E-state index contributed by atoms with van der Waals surface area (Å²) in [7, 11) is 0. The second-order valence-corrected chi connectivity index (χ2v) is 24.5. The topological polar surface area (TPSA) is 64.6 Å². The molecular weight excluding hydrogens is 1070 g/mol. The van der Waals surface area contributed by atoms with E-state index in [-0.39, 0.29) is 29.3 Å². The minimum absolute atomic E-state index is 0.0157. The Hall–Kier alpha value is -10.2. The molecule has 3 atom stereocenters. The van der Waals surface area contributed by atoms with Crippen molar-refractivity contribution in [3.63, 3.8) is 0 Å². The van der Waals surface area contributed by atoms with Crippen LogP contribution in [0.1, 0.15) is 116 Å². The van der Waals surface area contributed by atoms with Crippen molar-refractivity contribution in [2.24, 2.45) is 4.99 Å². The van der Waals surface area contributed by atoms with Gasteiger partial charge in [0.2, 0.25) is 0 Å². The van der Waals surface area contributed by atoms with Gasteiger partial charge in [0.25, 0.3) is 0 Å². The average molecular weight is 1140 g/mol. The molecule has 13 aromatic rings. The van der Waals surface area contributed by atoms with Crippen LogP contribution in [0.2, 0.25) is 0 Å². The Bertz CT molecular complexity index is 4980. The SMILES string of the molecule is Cc1cc(-c2ccc3c(c2)c2ccccc2n3-c2ccccc2)ccc1C(=O)C(CCC1=Cc2ccccc2CC1)c1ccc(-c2ccc3c(c2)C(=O)C(c2ccccc2)CCC2=Nc4ccc(-c5cccc6oc7ccccc7c56)cc4CCC23)cc1. The van der Waals surface area contributed by atoms with Gasteiger partial charge in [-0.15, -0.1) is 0 Å². The van der Waals surface area contributed by atoms with Crippen LogP contribution in [0.15, 0.2) is 264 Å². The molecular formula is C83H64N2O3. The Balaban J connectivity index is 0.723. The first-order valence-corrected chi connectivity index (χ1v) is 31.3. The van der Waals surface area contributed by atoms with Crippen molar-refractivity contribution in [1.29, 1.82) is 0 Å². The van der Waals surface area contributed by atoms with Crippen LogP contribution in [0.4, 0.5) is 5.69 Å². The van der Waals surface area contributed by atoms with Crippen molar-refractivity contribution in [1.82, 2.24) is 4.57 Å². The van der Waals surface area contributed by atoms with Gasteiger partial charge in [-0.25, -0.2) is 0 Å². The summed E-state index contributed by atoms with van der Waals surface area (Å²) in [6.45, 7) is 2.09. The summed E-state index contributed by atoms with van der Waals surface area (Å²) in [6, 6.07) is 87.9. The largest absolute Gasteiger partial charge is 0.456 e. The van der Waals surface area contributed by atoms with E-state index in [1.807, 2.05) is 30.3 Å². The fourth-order valence-corrected chi connectivity index (χ4v) is 14.9. The molecule has 1 aliphatic heterocycles. The number of aliphatic imine (C=N–C) groups is 1. The smallest absolute Gasteiger partial charge is 0.170 e. The van der Waals surface area contributed by atoms with E-state index in [4.69, 9.17) is 9.41 Å². The predicted octanol–water partition coefficient (Wildman–Crippen LogP) is 21.3. The highest BCUT2D eigenvalue weighted by Crippen LogP contribution is 2.45. The molecule has 5 nitrogen and oxygen atoms in total. The fraction of sp³-hybridized carbons (Fsp3) is 0.145. The van der Waals surface area contributed by atoms with Gasteiger partial charge < -0.3 is 8.98 Å². The first-order chi connectivity index (χ1) is 43.3. The van der Waals surface area contributed by atoms with Crippen molar-refractivity contribution in [3.8, 4) is 39.1 Å². The minimum Gasteiger partial charge on any atom is -0.456 e. The molecule has 3 unspecified atom stereocenters. The van der Waals surface area contributed by atoms with Gasteiger partial charge in [-0.05, 0) is 191 Å². The van der Waals surface area contributed by atoms with Crippen LogP contribution in [0.25, 0.3) is 88.9 Å². The summed E-state index contributed by atoms with van der Waals surface area (Å²) >= 11 is 0. The third-order valence-electron chi connectivity index (χ3n) is 19.4. The van der Waals surface area contributed by atoms with Crippen molar-refractivity contribution in [2.75, 3.05) is 0 Å². The molecule has 0 fully saturated rings. The van der Waals surface area contributed by atoms with Crippen molar-refractivity contribution >= 4 is 72.8 Å². The number of carbonyl (C=O) groups excluding carboxylic acids is 2. The summed E-state index contributed by atoms with van der Waals surface area (Å²) in [6.07, 6.45) is 8.95. The molecule has 0 saturated heterocycles. The first kappa shape index (κ1) is 53.3. The average Bonchev–Trinajstić information content (AvgIpc) is 1.97. The first-order valence-electron chi connectivity index (χ1n) is 31.3. The van der Waals surface area contributed by atoms with E-state index in [0.717, 1.165) is 150 Å². The lowest BCUT2D eigenvalue weighted by atomic mass is 9.75. The molecule has 0 saturated carbocycles. The summed E-state index contributed by atoms with van der Waals surface area (Å²) < 4.78 is 8.65. The number of para-hydroxylation sites is 3. The van der Waals surface area contributed by atoms with Crippen molar-refractivity contribution in [3.05, 3.63) is 304 Å². The number of aromatic nitrogens is 1. The zero-order valence-corrected chi connectivity index (χ0v) is 49.3. The number of furan rings is 1. The van der Waals surface area contributed by atoms with Crippen LogP contribution in [-0.4, -0.2) is 21.8 Å². The third kappa shape index (κ3) is 9.54. The third-order valence-corrected chi connectivity index (χ3v) is 19.4. The fourth-order valence-electron chi connectivity index (χ4n) is 14.9. The monoisotopic (exact) mass is 1140 g/mol. The molecule has 88 heavy (non-hydrogen) atoms. The predicted molar refractivity (Wildman–Crippen MR) is 362 cm³/mol. The van der Waals surface area contributed by atoms with E-state index < -0.39 is 0 Å². The molecule has 0 bridgehead atoms. The Morgan fingerprint density at radius 3 is 2.09 bits per heavy atom. The number of benzene rings is 11. The lowest BCUT2D eigenvalue weighted by Crippen LogP contribution is -2.24. The van der Waals surface area contributed by atoms with E-state index in [0.29, 0.717) is 12.8 Å². The molecule has 5 heteroatoms. The summed E-state index contributed by atoms with van der Waals surface area (Å²) in [5.41, 5.74) is 24.7. The lowest BCUT2D eigenvalue weighted by molar-refractivity contribution is 0.0946. The standard InChI is InChI=1S/C83H64N2O3/c1-52-47-59(61-38-46-78-73(50-61)71-21-10-12-24-77(71)85(78)64-19-6-3-7-20-64)34-40-65(52)82(86)67(39-28-53-27-29-54-15-8-9-18-58(54)48-53)57-32-30-55(31-33-57)60-35-41-69-70-42-36-63-49-62(66-23-14-26-80-81(66)72-22-11-13-25-79(72)88-80)37-44-75(63)84-76(70)45-43-68(83(87)74(69)51-60)56-16-4-2-5-17-56/h2-26,30-35,37-38,40-41,44,46-51,67-68,70H,27-29,36,39,42-43,45H2,1H3. The van der Waals surface area contributed by atoms with Gasteiger partial charge in [-0.1, -0.05) is 200 Å². The maximum absolute atomic E-state index is 15.4. The number of fused-ring (bicyclic) bond motifs is 11. The highest BCUT2D eigenvalue weighted by Gasteiger charge is 2.34. The van der Waals surface area contributed by atoms with Crippen molar-refractivity contribution < 1.29 is 14.0 Å². The van der Waals surface area contributed by atoms with Crippen LogP contribution >= 0.6 is 0 Å². The van der Waals surface area contributed by atoms with E-state index >= 15 is 9.59 Å². The Kier molecular flexibility index (Phi) is 13.5. The Morgan fingerprint density at radius 2 is 1.23 bits per heavy atom. The maximum atomic E-state index is 15.4. The summed E-state index contributed by atoms with van der Waals surface area (Å²) in [4.78, 5) is 36.3. The second-order valence-electron chi connectivity index (χ2n) is 24.5. The Labute approximate surface area is 513 Å². The van der Waals surface area contributed by atoms with Gasteiger partial charge in [0.05, 0.1) is 16.7 Å². The molecule has 3 heterocycles. The van der Waals surface area contributed by atoms with E-state index in [9.17, 15) is 0 Å². The van der Waals surface area contributed by atoms with Crippen LogP contribution in [0.5, 0.6) is 0 Å². The molecule has 3 aliphatic rings.